The lowest BCUT2D eigenvalue weighted by atomic mass is 10.1. The van der Waals surface area contributed by atoms with Crippen LogP contribution in [0.4, 0.5) is 18.9 Å². The summed E-state index contributed by atoms with van der Waals surface area (Å²) in [7, 11) is 0. The number of rotatable bonds is 4. The van der Waals surface area contributed by atoms with Crippen LogP contribution in [0.15, 0.2) is 36.7 Å². The molecule has 24 heavy (non-hydrogen) atoms. The van der Waals surface area contributed by atoms with Crippen molar-refractivity contribution < 1.29 is 13.2 Å². The summed E-state index contributed by atoms with van der Waals surface area (Å²) in [4.78, 5) is 8.68. The standard InChI is InChI=1S/C17H21F3N4/c1-2-23-7-6-21-16(23)13-22-8-10-24(11-9-22)15-5-3-4-14(12-15)17(18,19)20/h3-7,12H,2,8-11,13H2,1H3. The van der Waals surface area contributed by atoms with Gasteiger partial charge in [-0.05, 0) is 25.1 Å². The molecule has 0 atom stereocenters. The minimum Gasteiger partial charge on any atom is -0.369 e. The molecular weight excluding hydrogens is 317 g/mol. The summed E-state index contributed by atoms with van der Waals surface area (Å²) in [6.07, 6.45) is -0.527. The Labute approximate surface area is 139 Å². The van der Waals surface area contributed by atoms with E-state index < -0.39 is 11.7 Å². The Morgan fingerprint density at radius 1 is 1.12 bits per heavy atom. The number of anilines is 1. The molecule has 0 saturated carbocycles. The number of imidazole rings is 1. The minimum absolute atomic E-state index is 0.590. The quantitative estimate of drug-likeness (QED) is 0.855. The van der Waals surface area contributed by atoms with Crippen LogP contribution in [0.2, 0.25) is 0 Å². The molecule has 2 aromatic rings. The molecule has 0 unspecified atom stereocenters. The molecule has 1 aromatic heterocycles. The number of hydrogen-bond donors (Lipinski definition) is 0. The summed E-state index contributed by atoms with van der Waals surface area (Å²) in [5, 5.41) is 0. The summed E-state index contributed by atoms with van der Waals surface area (Å²) in [6.45, 7) is 6.80. The molecule has 0 bridgehead atoms. The molecular formula is C17H21F3N4. The van der Waals surface area contributed by atoms with Gasteiger partial charge in [0.1, 0.15) is 5.82 Å². The third-order valence-electron chi connectivity index (χ3n) is 4.42. The Kier molecular flexibility index (Phi) is 4.80. The van der Waals surface area contributed by atoms with Crippen LogP contribution in [0.3, 0.4) is 0 Å². The fourth-order valence-electron chi connectivity index (χ4n) is 3.02. The molecule has 1 aliphatic rings. The summed E-state index contributed by atoms with van der Waals surface area (Å²) in [5.41, 5.74) is 0.0481. The summed E-state index contributed by atoms with van der Waals surface area (Å²) < 4.78 is 40.6. The van der Waals surface area contributed by atoms with Gasteiger partial charge in [-0.15, -0.1) is 0 Å². The highest BCUT2D eigenvalue weighted by atomic mass is 19.4. The first-order valence-electron chi connectivity index (χ1n) is 8.12. The second kappa shape index (κ2) is 6.84. The van der Waals surface area contributed by atoms with Gasteiger partial charge in [0.05, 0.1) is 12.1 Å². The van der Waals surface area contributed by atoms with Crippen molar-refractivity contribution in [1.82, 2.24) is 14.5 Å². The Balaban J connectivity index is 1.61. The molecule has 7 heteroatoms. The zero-order chi connectivity index (χ0) is 17.2. The topological polar surface area (TPSA) is 24.3 Å². The maximum absolute atomic E-state index is 12.8. The van der Waals surface area contributed by atoms with Gasteiger partial charge >= 0.3 is 6.18 Å². The molecule has 0 aliphatic carbocycles. The summed E-state index contributed by atoms with van der Waals surface area (Å²) in [6, 6.07) is 5.57. The van der Waals surface area contributed by atoms with E-state index >= 15 is 0 Å². The lowest BCUT2D eigenvalue weighted by Gasteiger charge is -2.36. The van der Waals surface area contributed by atoms with Gasteiger partial charge in [0.2, 0.25) is 0 Å². The van der Waals surface area contributed by atoms with E-state index in [0.29, 0.717) is 18.8 Å². The van der Waals surface area contributed by atoms with Crippen LogP contribution in [0.25, 0.3) is 0 Å². The summed E-state index contributed by atoms with van der Waals surface area (Å²) in [5.74, 6) is 1.03. The molecule has 1 saturated heterocycles. The molecule has 0 spiro atoms. The smallest absolute Gasteiger partial charge is 0.369 e. The molecule has 0 N–H and O–H groups in total. The molecule has 1 fully saturated rings. The fourth-order valence-corrected chi connectivity index (χ4v) is 3.02. The van der Waals surface area contributed by atoms with Crippen LogP contribution >= 0.6 is 0 Å². The molecule has 0 amide bonds. The maximum atomic E-state index is 12.8. The van der Waals surface area contributed by atoms with Crippen molar-refractivity contribution in [3.63, 3.8) is 0 Å². The highest BCUT2D eigenvalue weighted by Crippen LogP contribution is 2.31. The van der Waals surface area contributed by atoms with E-state index in [0.717, 1.165) is 38.1 Å². The Hall–Kier alpha value is -2.02. The first kappa shape index (κ1) is 16.8. The van der Waals surface area contributed by atoms with Crippen molar-refractivity contribution in [2.45, 2.75) is 26.2 Å². The number of aromatic nitrogens is 2. The zero-order valence-corrected chi connectivity index (χ0v) is 13.6. The Bertz CT molecular complexity index is 672. The SMILES string of the molecule is CCn1ccnc1CN1CCN(c2cccc(C(F)(F)F)c2)CC1. The van der Waals surface area contributed by atoms with Gasteiger partial charge in [-0.1, -0.05) is 6.07 Å². The summed E-state index contributed by atoms with van der Waals surface area (Å²) >= 11 is 0. The predicted molar refractivity (Wildman–Crippen MR) is 86.8 cm³/mol. The van der Waals surface area contributed by atoms with Crippen LogP contribution < -0.4 is 4.90 Å². The third-order valence-corrected chi connectivity index (χ3v) is 4.42. The van der Waals surface area contributed by atoms with Crippen LogP contribution in [0.1, 0.15) is 18.3 Å². The van der Waals surface area contributed by atoms with Crippen molar-refractivity contribution >= 4 is 5.69 Å². The molecule has 0 radical (unpaired) electrons. The molecule has 1 aromatic carbocycles. The number of piperazine rings is 1. The van der Waals surface area contributed by atoms with E-state index in [4.69, 9.17) is 0 Å². The molecule has 3 rings (SSSR count). The van der Waals surface area contributed by atoms with Gasteiger partial charge in [0.25, 0.3) is 0 Å². The van der Waals surface area contributed by atoms with Gasteiger partial charge in [0.15, 0.2) is 0 Å². The Morgan fingerprint density at radius 2 is 1.88 bits per heavy atom. The van der Waals surface area contributed by atoms with Gasteiger partial charge < -0.3 is 9.47 Å². The van der Waals surface area contributed by atoms with Crippen molar-refractivity contribution in [3.05, 3.63) is 48.0 Å². The second-order valence-corrected chi connectivity index (χ2v) is 5.94. The lowest BCUT2D eigenvalue weighted by Crippen LogP contribution is -2.46. The first-order valence-corrected chi connectivity index (χ1v) is 8.12. The molecule has 1 aliphatic heterocycles. The lowest BCUT2D eigenvalue weighted by molar-refractivity contribution is -0.137. The number of alkyl halides is 3. The van der Waals surface area contributed by atoms with Crippen molar-refractivity contribution in [3.8, 4) is 0 Å². The number of nitrogens with zero attached hydrogens (tertiary/aromatic N) is 4. The van der Waals surface area contributed by atoms with Crippen LogP contribution in [-0.4, -0.2) is 40.6 Å². The average Bonchev–Trinajstić information content (AvgIpc) is 3.02. The van der Waals surface area contributed by atoms with E-state index in [-0.39, 0.29) is 0 Å². The predicted octanol–water partition coefficient (Wildman–Crippen LogP) is 3.24. The van der Waals surface area contributed by atoms with E-state index in [1.807, 2.05) is 11.1 Å². The van der Waals surface area contributed by atoms with Crippen LogP contribution in [0, 0.1) is 0 Å². The van der Waals surface area contributed by atoms with E-state index in [2.05, 4.69) is 21.4 Å². The van der Waals surface area contributed by atoms with Crippen molar-refractivity contribution in [1.29, 1.82) is 0 Å². The number of aryl methyl sites for hydroxylation is 1. The number of benzene rings is 1. The Morgan fingerprint density at radius 3 is 2.54 bits per heavy atom. The van der Waals surface area contributed by atoms with Gasteiger partial charge in [-0.2, -0.15) is 13.2 Å². The highest BCUT2D eigenvalue weighted by Gasteiger charge is 2.31. The average molecular weight is 338 g/mol. The molecule has 130 valence electrons. The maximum Gasteiger partial charge on any atom is 0.416 e. The fraction of sp³-hybridized carbons (Fsp3) is 0.471. The van der Waals surface area contributed by atoms with E-state index in [1.165, 1.54) is 12.1 Å². The van der Waals surface area contributed by atoms with Crippen LogP contribution in [0.5, 0.6) is 0 Å². The molecule has 4 nitrogen and oxygen atoms in total. The zero-order valence-electron chi connectivity index (χ0n) is 13.6. The van der Waals surface area contributed by atoms with Gasteiger partial charge in [-0.3, -0.25) is 4.90 Å². The second-order valence-electron chi connectivity index (χ2n) is 5.94. The van der Waals surface area contributed by atoms with Crippen LogP contribution in [-0.2, 0) is 19.3 Å². The van der Waals surface area contributed by atoms with E-state index in [1.54, 1.807) is 12.3 Å². The van der Waals surface area contributed by atoms with Gasteiger partial charge in [-0.25, -0.2) is 4.98 Å². The third kappa shape index (κ3) is 3.72. The monoisotopic (exact) mass is 338 g/mol. The van der Waals surface area contributed by atoms with Gasteiger partial charge in [0, 0.05) is 50.8 Å². The minimum atomic E-state index is -4.30. The molecule has 2 heterocycles. The largest absolute Gasteiger partial charge is 0.416 e. The number of halogens is 3. The van der Waals surface area contributed by atoms with Crippen molar-refractivity contribution in [2.24, 2.45) is 0 Å². The highest BCUT2D eigenvalue weighted by molar-refractivity contribution is 5.49. The number of hydrogen-bond acceptors (Lipinski definition) is 3. The van der Waals surface area contributed by atoms with E-state index in [9.17, 15) is 13.2 Å². The normalized spacial score (nSPS) is 16.6. The first-order chi connectivity index (χ1) is 11.5. The van der Waals surface area contributed by atoms with Crippen molar-refractivity contribution in [2.75, 3.05) is 31.1 Å².